The summed E-state index contributed by atoms with van der Waals surface area (Å²) in [4.78, 5) is 38.2. The fourth-order valence-corrected chi connectivity index (χ4v) is 8.71. The second-order valence-corrected chi connectivity index (χ2v) is 20.9. The van der Waals surface area contributed by atoms with Crippen LogP contribution in [0.3, 0.4) is 0 Å². The van der Waals surface area contributed by atoms with Crippen molar-refractivity contribution >= 4 is 17.9 Å². The number of rotatable bonds is 57. The fourth-order valence-electron chi connectivity index (χ4n) is 8.71. The summed E-state index contributed by atoms with van der Waals surface area (Å²) < 4.78 is 16.8. The Kier molecular flexibility index (Phi) is 60.8. The molecule has 0 spiro atoms. The van der Waals surface area contributed by atoms with Crippen molar-refractivity contribution < 1.29 is 28.6 Å². The van der Waals surface area contributed by atoms with Gasteiger partial charge in [-0.1, -0.05) is 277 Å². The predicted molar refractivity (Wildman–Crippen MR) is 334 cm³/mol. The van der Waals surface area contributed by atoms with Crippen LogP contribution in [0.2, 0.25) is 0 Å². The van der Waals surface area contributed by atoms with Crippen molar-refractivity contribution in [2.75, 3.05) is 13.2 Å². The van der Waals surface area contributed by atoms with Crippen molar-refractivity contribution in [1.29, 1.82) is 0 Å². The van der Waals surface area contributed by atoms with Gasteiger partial charge in [0.25, 0.3) is 0 Å². The first-order valence-electron chi connectivity index (χ1n) is 32.0. The summed E-state index contributed by atoms with van der Waals surface area (Å²) in [7, 11) is 0. The Balaban J connectivity index is 4.29. The number of esters is 3. The molecular weight excluding hydrogens is 949 g/mol. The van der Waals surface area contributed by atoms with Gasteiger partial charge in [0, 0.05) is 19.3 Å². The molecule has 6 nitrogen and oxygen atoms in total. The normalized spacial score (nSPS) is 12.9. The number of carbonyl (C=O) groups is 3. The molecule has 438 valence electrons. The van der Waals surface area contributed by atoms with Crippen LogP contribution in [0, 0.1) is 0 Å². The topological polar surface area (TPSA) is 78.9 Å². The highest BCUT2D eigenvalue weighted by Gasteiger charge is 2.19. The number of hydrogen-bond acceptors (Lipinski definition) is 6. The quantitative estimate of drug-likeness (QED) is 0.0261. The summed E-state index contributed by atoms with van der Waals surface area (Å²) in [6.07, 6.45) is 89.4. The molecule has 0 aliphatic heterocycles. The summed E-state index contributed by atoms with van der Waals surface area (Å²) in [5.74, 6) is -0.992. The minimum Gasteiger partial charge on any atom is -0.462 e. The third-order valence-corrected chi connectivity index (χ3v) is 13.4. The Morgan fingerprint density at radius 2 is 0.532 bits per heavy atom. The second kappa shape index (κ2) is 64.3. The molecule has 0 fully saturated rings. The van der Waals surface area contributed by atoms with E-state index in [2.05, 4.69) is 136 Å². The van der Waals surface area contributed by atoms with Crippen LogP contribution < -0.4 is 0 Å². The zero-order valence-corrected chi connectivity index (χ0v) is 50.2. The molecule has 0 aromatic heterocycles. The van der Waals surface area contributed by atoms with E-state index in [0.29, 0.717) is 19.3 Å². The summed E-state index contributed by atoms with van der Waals surface area (Å²) in [6, 6.07) is 0. The lowest BCUT2D eigenvalue weighted by atomic mass is 10.0. The first kappa shape index (κ1) is 72.8. The van der Waals surface area contributed by atoms with Crippen molar-refractivity contribution in [1.82, 2.24) is 0 Å². The van der Waals surface area contributed by atoms with Crippen LogP contribution in [-0.2, 0) is 28.6 Å². The number of ether oxygens (including phenoxy) is 3. The van der Waals surface area contributed by atoms with Gasteiger partial charge in [0.15, 0.2) is 6.10 Å². The van der Waals surface area contributed by atoms with Crippen LogP contribution in [0.4, 0.5) is 0 Å². The van der Waals surface area contributed by atoms with Crippen LogP contribution in [0.15, 0.2) is 122 Å². The van der Waals surface area contributed by atoms with Gasteiger partial charge < -0.3 is 14.2 Å². The molecule has 0 aromatic carbocycles. The maximum atomic E-state index is 12.9. The predicted octanol–water partition coefficient (Wildman–Crippen LogP) is 22.0. The molecule has 0 amide bonds. The Labute approximate surface area is 475 Å². The largest absolute Gasteiger partial charge is 0.462 e. The molecule has 0 heterocycles. The van der Waals surface area contributed by atoms with Gasteiger partial charge in [0.1, 0.15) is 13.2 Å². The average molecular weight is 1070 g/mol. The van der Waals surface area contributed by atoms with E-state index in [1.165, 1.54) is 141 Å². The molecule has 0 bridgehead atoms. The Bertz CT molecular complexity index is 1600. The van der Waals surface area contributed by atoms with Crippen molar-refractivity contribution in [2.45, 2.75) is 297 Å². The summed E-state index contributed by atoms with van der Waals surface area (Å²) in [5.41, 5.74) is 0. The molecule has 0 aromatic rings. The maximum Gasteiger partial charge on any atom is 0.306 e. The standard InChI is InChI=1S/C71H118O6/c1-4-7-10-13-16-19-22-25-27-29-30-31-32-33-34-35-36-37-38-39-40-42-43-46-49-52-55-58-61-64-70(73)76-67-68(66-75-69(72)63-60-57-54-51-48-45-24-21-18-15-12-9-6-3)77-71(74)65-62-59-56-53-50-47-44-41-28-26-23-20-17-14-11-8-5-2/h7,9-10,12,16-21,25-28,30-31,45,48,54,57,68H,4-6,8,11,13-15,22-24,29,32-44,46-47,49-53,55-56,58-67H2,1-3H3/b10-7-,12-9-,19-16-,20-17-,21-18-,27-25-,28-26-,31-30-,48-45-,57-54-. The van der Waals surface area contributed by atoms with Crippen molar-refractivity contribution in [3.8, 4) is 0 Å². The molecule has 77 heavy (non-hydrogen) atoms. The van der Waals surface area contributed by atoms with Gasteiger partial charge in [-0.15, -0.1) is 0 Å². The van der Waals surface area contributed by atoms with E-state index in [-0.39, 0.29) is 37.5 Å². The lowest BCUT2D eigenvalue weighted by molar-refractivity contribution is -0.166. The van der Waals surface area contributed by atoms with Gasteiger partial charge in [-0.25, -0.2) is 0 Å². The number of unbranched alkanes of at least 4 members (excludes halogenated alkanes) is 26. The minimum atomic E-state index is -0.813. The van der Waals surface area contributed by atoms with Crippen molar-refractivity contribution in [2.24, 2.45) is 0 Å². The van der Waals surface area contributed by atoms with Gasteiger partial charge in [-0.3, -0.25) is 14.4 Å². The third-order valence-electron chi connectivity index (χ3n) is 13.4. The molecule has 0 aliphatic carbocycles. The van der Waals surface area contributed by atoms with Crippen molar-refractivity contribution in [3.05, 3.63) is 122 Å². The van der Waals surface area contributed by atoms with Crippen LogP contribution in [-0.4, -0.2) is 37.2 Å². The smallest absolute Gasteiger partial charge is 0.306 e. The highest BCUT2D eigenvalue weighted by atomic mass is 16.6. The average Bonchev–Trinajstić information content (AvgIpc) is 3.43. The molecule has 0 aliphatic rings. The zero-order valence-electron chi connectivity index (χ0n) is 50.2. The first-order valence-corrected chi connectivity index (χ1v) is 32.0. The number of hydrogen-bond donors (Lipinski definition) is 0. The van der Waals surface area contributed by atoms with E-state index in [1.54, 1.807) is 0 Å². The van der Waals surface area contributed by atoms with Crippen LogP contribution in [0.5, 0.6) is 0 Å². The molecular formula is C71H118O6. The van der Waals surface area contributed by atoms with Crippen LogP contribution >= 0.6 is 0 Å². The Morgan fingerprint density at radius 1 is 0.273 bits per heavy atom. The number of allylic oxidation sites excluding steroid dienone is 20. The van der Waals surface area contributed by atoms with Crippen LogP contribution in [0.1, 0.15) is 290 Å². The van der Waals surface area contributed by atoms with E-state index in [0.717, 1.165) is 103 Å². The van der Waals surface area contributed by atoms with E-state index < -0.39 is 6.10 Å². The van der Waals surface area contributed by atoms with Gasteiger partial charge in [-0.2, -0.15) is 0 Å². The van der Waals surface area contributed by atoms with E-state index in [9.17, 15) is 14.4 Å². The van der Waals surface area contributed by atoms with Gasteiger partial charge in [-0.05, 0) is 116 Å². The summed E-state index contributed by atoms with van der Waals surface area (Å²) in [6.45, 7) is 6.33. The first-order chi connectivity index (χ1) is 38.0. The molecule has 6 heteroatoms. The monoisotopic (exact) mass is 1070 g/mol. The number of carbonyl (C=O) groups excluding carboxylic acids is 3. The minimum absolute atomic E-state index is 0.104. The van der Waals surface area contributed by atoms with Gasteiger partial charge in [0.05, 0.1) is 0 Å². The highest BCUT2D eigenvalue weighted by molar-refractivity contribution is 5.71. The zero-order chi connectivity index (χ0) is 55.7. The third kappa shape index (κ3) is 62.5. The Hall–Kier alpha value is -4.19. The molecule has 0 radical (unpaired) electrons. The van der Waals surface area contributed by atoms with Crippen LogP contribution in [0.25, 0.3) is 0 Å². The summed E-state index contributed by atoms with van der Waals surface area (Å²) in [5, 5.41) is 0. The molecule has 1 atom stereocenters. The highest BCUT2D eigenvalue weighted by Crippen LogP contribution is 2.16. The molecule has 0 saturated heterocycles. The molecule has 0 saturated carbocycles. The SMILES string of the molecule is CC/C=C\C/C=C\C/C=C\C/C=C\CCCCCCCCCCCCCCCCCCC(=O)OCC(COC(=O)CC/C=C\C/C=C\C/C=C\C/C=C\CC)OC(=O)CCCCCCCCC/C=C\C/C=C\CCCCC. The molecule has 0 N–H and O–H groups in total. The van der Waals surface area contributed by atoms with Crippen molar-refractivity contribution in [3.63, 3.8) is 0 Å². The molecule has 1 unspecified atom stereocenters. The van der Waals surface area contributed by atoms with Gasteiger partial charge >= 0.3 is 17.9 Å². The Morgan fingerprint density at radius 3 is 0.870 bits per heavy atom. The maximum absolute atomic E-state index is 12.9. The lowest BCUT2D eigenvalue weighted by Crippen LogP contribution is -2.30. The molecule has 0 rings (SSSR count). The second-order valence-electron chi connectivity index (χ2n) is 20.9. The van der Waals surface area contributed by atoms with E-state index >= 15 is 0 Å². The fraction of sp³-hybridized carbons (Fsp3) is 0.676. The van der Waals surface area contributed by atoms with Gasteiger partial charge in [0.2, 0.25) is 0 Å². The van der Waals surface area contributed by atoms with E-state index in [1.807, 2.05) is 6.08 Å². The summed E-state index contributed by atoms with van der Waals surface area (Å²) >= 11 is 0. The lowest BCUT2D eigenvalue weighted by Gasteiger charge is -2.18. The van der Waals surface area contributed by atoms with E-state index in [4.69, 9.17) is 14.2 Å².